The van der Waals surface area contributed by atoms with Crippen LogP contribution >= 0.6 is 0 Å². The Hall–Kier alpha value is -1.98. The Morgan fingerprint density at radius 1 is 0.731 bits per heavy atom. The summed E-state index contributed by atoms with van der Waals surface area (Å²) in [5, 5.41) is -11.8. The van der Waals surface area contributed by atoms with Gasteiger partial charge in [-0.15, -0.1) is 0 Å². The van der Waals surface area contributed by atoms with Crippen LogP contribution in [0.15, 0.2) is 65.6 Å². The lowest BCUT2D eigenvalue weighted by molar-refractivity contribution is -0.0974. The molecule has 0 aliphatic carbocycles. The number of halogens is 4. The van der Waals surface area contributed by atoms with E-state index in [1.165, 1.54) is 35.1 Å². The van der Waals surface area contributed by atoms with Gasteiger partial charge in [-0.05, 0) is 17.7 Å². The summed E-state index contributed by atoms with van der Waals surface area (Å²) in [4.78, 5) is -1.12. The molecule has 0 unspecified atom stereocenters. The van der Waals surface area contributed by atoms with Gasteiger partial charge in [0, 0.05) is 6.54 Å². The molecule has 0 aliphatic heterocycles. The zero-order valence-corrected chi connectivity index (χ0v) is 14.6. The Bertz CT molecular complexity index is 963. The van der Waals surface area contributed by atoms with Gasteiger partial charge in [-0.25, -0.2) is 21.6 Å². The standard InChI is InChI=1S/C15H13F4NO4S2/c16-14(17,25(21,22)13-9-5-2-6-10-13)15(18,19)26(23,24)20-11-12-7-3-1-4-8-12/h1-10,20H,11H2. The number of sulfonamides is 1. The van der Waals surface area contributed by atoms with E-state index >= 15 is 0 Å². The second-order valence-corrected chi connectivity index (χ2v) is 8.96. The normalized spacial score (nSPS) is 13.5. The zero-order valence-electron chi connectivity index (χ0n) is 12.9. The fourth-order valence-corrected chi connectivity index (χ4v) is 4.56. The molecule has 5 nitrogen and oxygen atoms in total. The molecule has 0 aromatic heterocycles. The van der Waals surface area contributed by atoms with Crippen LogP contribution in [-0.2, 0) is 26.4 Å². The highest BCUT2D eigenvalue weighted by Crippen LogP contribution is 2.45. The van der Waals surface area contributed by atoms with Crippen molar-refractivity contribution in [3.63, 3.8) is 0 Å². The minimum absolute atomic E-state index is 0.223. The average molecular weight is 411 g/mol. The molecule has 0 amide bonds. The highest BCUT2D eigenvalue weighted by Gasteiger charge is 2.73. The highest BCUT2D eigenvalue weighted by atomic mass is 32.2. The lowest BCUT2D eigenvalue weighted by Crippen LogP contribution is -2.55. The van der Waals surface area contributed by atoms with Gasteiger partial charge in [-0.3, -0.25) is 0 Å². The smallest absolute Gasteiger partial charge is 0.217 e. The molecule has 0 atom stereocenters. The van der Waals surface area contributed by atoms with Crippen LogP contribution in [0.5, 0.6) is 0 Å². The largest absolute Gasteiger partial charge is 0.436 e. The molecule has 2 aromatic carbocycles. The van der Waals surface area contributed by atoms with Crippen LogP contribution in [0.4, 0.5) is 17.6 Å². The Balaban J connectivity index is 2.37. The van der Waals surface area contributed by atoms with Gasteiger partial charge in [0.1, 0.15) is 0 Å². The minimum Gasteiger partial charge on any atom is -0.217 e. The first kappa shape index (κ1) is 20.3. The van der Waals surface area contributed by atoms with Gasteiger partial charge in [0.25, 0.3) is 19.9 Å². The number of hydrogen-bond donors (Lipinski definition) is 1. The molecule has 0 heterocycles. The van der Waals surface area contributed by atoms with E-state index < -0.39 is 41.8 Å². The minimum atomic E-state index is -6.02. The van der Waals surface area contributed by atoms with Crippen molar-refractivity contribution < 1.29 is 34.4 Å². The van der Waals surface area contributed by atoms with Crippen molar-refractivity contribution in [3.05, 3.63) is 66.2 Å². The Morgan fingerprint density at radius 2 is 1.19 bits per heavy atom. The van der Waals surface area contributed by atoms with Gasteiger partial charge in [-0.1, -0.05) is 48.5 Å². The van der Waals surface area contributed by atoms with Crippen molar-refractivity contribution in [2.45, 2.75) is 21.9 Å². The predicted octanol–water partition coefficient (Wildman–Crippen LogP) is 2.77. The molecule has 142 valence electrons. The predicted molar refractivity (Wildman–Crippen MR) is 85.7 cm³/mol. The first-order chi connectivity index (χ1) is 11.9. The maximum atomic E-state index is 14.1. The van der Waals surface area contributed by atoms with Gasteiger partial charge in [0.15, 0.2) is 0 Å². The third kappa shape index (κ3) is 3.46. The molecule has 0 aliphatic rings. The molecule has 2 rings (SSSR count). The number of rotatable bonds is 7. The van der Waals surface area contributed by atoms with Crippen LogP contribution in [-0.4, -0.2) is 27.3 Å². The third-order valence-electron chi connectivity index (χ3n) is 3.38. The molecule has 0 saturated heterocycles. The van der Waals surface area contributed by atoms with E-state index in [0.717, 1.165) is 12.1 Å². The molecule has 0 fully saturated rings. The van der Waals surface area contributed by atoms with E-state index in [-0.39, 0.29) is 5.56 Å². The van der Waals surface area contributed by atoms with E-state index in [9.17, 15) is 34.4 Å². The van der Waals surface area contributed by atoms with Gasteiger partial charge < -0.3 is 0 Å². The molecule has 26 heavy (non-hydrogen) atoms. The lowest BCUT2D eigenvalue weighted by Gasteiger charge is -2.26. The Morgan fingerprint density at radius 3 is 1.69 bits per heavy atom. The summed E-state index contributed by atoms with van der Waals surface area (Å²) in [6.07, 6.45) is 0. The van der Waals surface area contributed by atoms with E-state index in [1.807, 2.05) is 0 Å². The van der Waals surface area contributed by atoms with Gasteiger partial charge in [-0.2, -0.15) is 17.6 Å². The summed E-state index contributed by atoms with van der Waals surface area (Å²) in [5.41, 5.74) is 0.223. The molecule has 1 N–H and O–H groups in total. The van der Waals surface area contributed by atoms with Crippen LogP contribution in [0.3, 0.4) is 0 Å². The van der Waals surface area contributed by atoms with Crippen LogP contribution in [0, 0.1) is 0 Å². The van der Waals surface area contributed by atoms with Gasteiger partial charge >= 0.3 is 10.5 Å². The fraction of sp³-hybridized carbons (Fsp3) is 0.200. The van der Waals surface area contributed by atoms with Crippen molar-refractivity contribution in [2.75, 3.05) is 0 Å². The third-order valence-corrected chi connectivity index (χ3v) is 6.79. The van der Waals surface area contributed by atoms with E-state index in [4.69, 9.17) is 0 Å². The molecular weight excluding hydrogens is 398 g/mol. The summed E-state index contributed by atoms with van der Waals surface area (Å²) < 4.78 is 105. The first-order valence-corrected chi connectivity index (χ1v) is 9.98. The maximum absolute atomic E-state index is 14.1. The van der Waals surface area contributed by atoms with Crippen LogP contribution in [0.25, 0.3) is 0 Å². The second-order valence-electron chi connectivity index (χ2n) is 5.16. The van der Waals surface area contributed by atoms with E-state index in [1.54, 1.807) is 6.07 Å². The molecule has 2 aromatic rings. The monoisotopic (exact) mass is 411 g/mol. The first-order valence-electron chi connectivity index (χ1n) is 7.02. The number of hydrogen-bond acceptors (Lipinski definition) is 4. The Labute approximate surface area is 147 Å². The summed E-state index contributed by atoms with van der Waals surface area (Å²) in [7, 11) is -12.0. The fourth-order valence-electron chi connectivity index (χ4n) is 1.93. The van der Waals surface area contributed by atoms with E-state index in [2.05, 4.69) is 0 Å². The number of nitrogens with one attached hydrogen (secondary N) is 1. The van der Waals surface area contributed by atoms with Gasteiger partial charge in [0.2, 0.25) is 0 Å². The van der Waals surface area contributed by atoms with Crippen molar-refractivity contribution in [1.29, 1.82) is 0 Å². The van der Waals surface area contributed by atoms with Crippen molar-refractivity contribution >= 4 is 19.9 Å². The molecule has 0 bridgehead atoms. The molecule has 0 spiro atoms. The Kier molecular flexibility index (Phi) is 5.45. The molecular formula is C15H13F4NO4S2. The second kappa shape index (κ2) is 6.97. The number of alkyl halides is 4. The summed E-state index contributed by atoms with van der Waals surface area (Å²) >= 11 is 0. The molecule has 0 radical (unpaired) electrons. The van der Waals surface area contributed by atoms with Crippen LogP contribution in [0.1, 0.15) is 5.56 Å². The lowest BCUT2D eigenvalue weighted by atomic mass is 10.2. The average Bonchev–Trinajstić information content (AvgIpc) is 2.61. The van der Waals surface area contributed by atoms with Crippen LogP contribution in [0.2, 0.25) is 0 Å². The maximum Gasteiger partial charge on any atom is 0.436 e. The summed E-state index contributed by atoms with van der Waals surface area (Å²) in [6, 6.07) is 12.0. The summed E-state index contributed by atoms with van der Waals surface area (Å²) in [5.74, 6) is 0. The topological polar surface area (TPSA) is 80.3 Å². The number of sulfone groups is 1. The van der Waals surface area contributed by atoms with Crippen molar-refractivity contribution in [2.24, 2.45) is 0 Å². The quantitative estimate of drug-likeness (QED) is 0.711. The SMILES string of the molecule is O=S(=O)(NCc1ccccc1)C(F)(F)C(F)(F)S(=O)(=O)c1ccccc1. The van der Waals surface area contributed by atoms with Crippen molar-refractivity contribution in [1.82, 2.24) is 4.72 Å². The summed E-state index contributed by atoms with van der Waals surface area (Å²) in [6.45, 7) is -0.708. The van der Waals surface area contributed by atoms with Crippen LogP contribution < -0.4 is 4.72 Å². The van der Waals surface area contributed by atoms with E-state index in [0.29, 0.717) is 12.1 Å². The molecule has 0 saturated carbocycles. The highest BCUT2D eigenvalue weighted by molar-refractivity contribution is 7.95. The molecule has 11 heteroatoms. The zero-order chi connectivity index (χ0) is 19.6. The number of benzene rings is 2. The van der Waals surface area contributed by atoms with Crippen molar-refractivity contribution in [3.8, 4) is 0 Å². The van der Waals surface area contributed by atoms with Gasteiger partial charge in [0.05, 0.1) is 4.90 Å².